The largest absolute Gasteiger partial charge is 0.872 e. The van der Waals surface area contributed by atoms with Gasteiger partial charge in [0.15, 0.2) is 11.5 Å². The van der Waals surface area contributed by atoms with Crippen LogP contribution in [0.5, 0.6) is 17.2 Å². The number of carbonyl (C=O) groups excluding carboxylic acids is 2. The number of unbranched alkanes of at least 4 members (excludes halogenated alkanes) is 1. The topological polar surface area (TPSA) is 92.6 Å². The SMILES string of the molecule is CCCCOc1ccc(C2/C(=C(\[O-])c3ccc4c(c3)CC(C)O4)C(=O)C(=O)N2CCC[NH+](CC)CC)cc1OC. The van der Waals surface area contributed by atoms with E-state index in [-0.39, 0.29) is 11.7 Å². The van der Waals surface area contributed by atoms with Crippen LogP contribution in [0.1, 0.15) is 69.7 Å². The summed E-state index contributed by atoms with van der Waals surface area (Å²) < 4.78 is 17.3. The lowest BCUT2D eigenvalue weighted by Gasteiger charge is -2.28. The normalized spacial score (nSPS) is 19.7. The van der Waals surface area contributed by atoms with E-state index in [2.05, 4.69) is 20.8 Å². The van der Waals surface area contributed by atoms with E-state index in [1.807, 2.05) is 13.0 Å². The molecule has 0 radical (unpaired) electrons. The predicted molar refractivity (Wildman–Crippen MR) is 152 cm³/mol. The number of rotatable bonds is 13. The second-order valence-electron chi connectivity index (χ2n) is 10.6. The van der Waals surface area contributed by atoms with E-state index in [4.69, 9.17) is 14.2 Å². The van der Waals surface area contributed by atoms with Crippen LogP contribution in [0.2, 0.25) is 0 Å². The molecule has 2 unspecified atom stereocenters. The molecule has 40 heavy (non-hydrogen) atoms. The number of methoxy groups -OCH3 is 1. The predicted octanol–water partition coefficient (Wildman–Crippen LogP) is 2.74. The molecule has 216 valence electrons. The van der Waals surface area contributed by atoms with Crippen molar-refractivity contribution in [2.24, 2.45) is 0 Å². The van der Waals surface area contributed by atoms with Crippen LogP contribution in [-0.2, 0) is 16.0 Å². The van der Waals surface area contributed by atoms with Crippen LogP contribution in [-0.4, -0.2) is 62.6 Å². The third-order valence-corrected chi connectivity index (χ3v) is 7.88. The number of Topliss-reactive ketones (excluding diaryl/α,β-unsaturated/α-hetero) is 1. The Balaban J connectivity index is 1.75. The van der Waals surface area contributed by atoms with E-state index in [0.29, 0.717) is 42.2 Å². The van der Waals surface area contributed by atoms with Crippen molar-refractivity contribution < 1.29 is 33.8 Å². The minimum Gasteiger partial charge on any atom is -0.872 e. The summed E-state index contributed by atoms with van der Waals surface area (Å²) in [6.45, 7) is 12.1. The first kappa shape index (κ1) is 29.5. The summed E-state index contributed by atoms with van der Waals surface area (Å²) in [4.78, 5) is 29.8. The Bertz CT molecular complexity index is 1250. The lowest BCUT2D eigenvalue weighted by atomic mass is 9.94. The quantitative estimate of drug-likeness (QED) is 0.179. The molecule has 8 heteroatoms. The molecule has 2 atom stereocenters. The summed E-state index contributed by atoms with van der Waals surface area (Å²) in [5.41, 5.74) is 1.95. The molecule has 1 saturated heterocycles. The van der Waals surface area contributed by atoms with Crippen LogP contribution in [0.3, 0.4) is 0 Å². The maximum Gasteiger partial charge on any atom is 0.295 e. The van der Waals surface area contributed by atoms with Crippen LogP contribution >= 0.6 is 0 Å². The van der Waals surface area contributed by atoms with Gasteiger partial charge >= 0.3 is 0 Å². The number of hydrogen-bond donors (Lipinski definition) is 1. The molecule has 0 aliphatic carbocycles. The van der Waals surface area contributed by atoms with E-state index in [9.17, 15) is 14.7 Å². The van der Waals surface area contributed by atoms with Crippen molar-refractivity contribution in [3.63, 3.8) is 0 Å². The average Bonchev–Trinajstić information content (AvgIpc) is 3.46. The molecule has 8 nitrogen and oxygen atoms in total. The number of fused-ring (bicyclic) bond motifs is 1. The summed E-state index contributed by atoms with van der Waals surface area (Å²) in [7, 11) is 1.56. The Morgan fingerprint density at radius 3 is 2.55 bits per heavy atom. The molecule has 0 spiro atoms. The van der Waals surface area contributed by atoms with Crippen LogP contribution < -0.4 is 24.2 Å². The highest BCUT2D eigenvalue weighted by Gasteiger charge is 2.44. The summed E-state index contributed by atoms with van der Waals surface area (Å²) >= 11 is 0. The molecule has 0 bridgehead atoms. The summed E-state index contributed by atoms with van der Waals surface area (Å²) in [6, 6.07) is 9.85. The molecular formula is C32H42N2O6. The van der Waals surface area contributed by atoms with Crippen LogP contribution in [0.25, 0.3) is 5.76 Å². The molecule has 0 saturated carbocycles. The van der Waals surface area contributed by atoms with Gasteiger partial charge < -0.3 is 29.1 Å². The molecule has 1 fully saturated rings. The fourth-order valence-corrected chi connectivity index (χ4v) is 5.57. The summed E-state index contributed by atoms with van der Waals surface area (Å²) in [5, 5.41) is 13.9. The van der Waals surface area contributed by atoms with Gasteiger partial charge in [-0.3, -0.25) is 9.59 Å². The number of benzene rings is 2. The zero-order valence-corrected chi connectivity index (χ0v) is 24.4. The highest BCUT2D eigenvalue weighted by atomic mass is 16.5. The molecule has 2 aliphatic heterocycles. The van der Waals surface area contributed by atoms with E-state index >= 15 is 0 Å². The zero-order valence-electron chi connectivity index (χ0n) is 24.4. The van der Waals surface area contributed by atoms with Crippen LogP contribution in [0.4, 0.5) is 0 Å². The van der Waals surface area contributed by atoms with Crippen LogP contribution in [0.15, 0.2) is 42.0 Å². The van der Waals surface area contributed by atoms with Crippen molar-refractivity contribution >= 4 is 17.4 Å². The first-order valence-electron chi connectivity index (χ1n) is 14.5. The minimum absolute atomic E-state index is 0.0196. The van der Waals surface area contributed by atoms with Gasteiger partial charge in [0.1, 0.15) is 11.9 Å². The maximum atomic E-state index is 13.9. The Kier molecular flexibility index (Phi) is 9.74. The van der Waals surface area contributed by atoms with Gasteiger partial charge in [-0.1, -0.05) is 31.2 Å². The number of ether oxygens (including phenoxy) is 3. The van der Waals surface area contributed by atoms with Gasteiger partial charge in [0.25, 0.3) is 5.91 Å². The number of ketones is 1. The van der Waals surface area contributed by atoms with Gasteiger partial charge in [-0.05, 0) is 68.1 Å². The zero-order chi connectivity index (χ0) is 28.8. The Morgan fingerprint density at radius 2 is 1.85 bits per heavy atom. The summed E-state index contributed by atoms with van der Waals surface area (Å²) in [6.07, 6.45) is 3.36. The van der Waals surface area contributed by atoms with Crippen molar-refractivity contribution in [1.29, 1.82) is 0 Å². The fourth-order valence-electron chi connectivity index (χ4n) is 5.57. The lowest BCUT2D eigenvalue weighted by Crippen LogP contribution is -3.11. The molecule has 0 aromatic heterocycles. The Morgan fingerprint density at radius 1 is 1.07 bits per heavy atom. The molecule has 2 aromatic carbocycles. The first-order chi connectivity index (χ1) is 19.3. The number of likely N-dealkylation sites (tertiary alicyclic amines) is 1. The monoisotopic (exact) mass is 550 g/mol. The van der Waals surface area contributed by atoms with Crippen LogP contribution in [0, 0.1) is 0 Å². The summed E-state index contributed by atoms with van der Waals surface area (Å²) in [5.74, 6) is 0.0463. The van der Waals surface area contributed by atoms with Gasteiger partial charge in [0, 0.05) is 25.0 Å². The number of nitrogens with one attached hydrogen (secondary N) is 1. The average molecular weight is 551 g/mol. The highest BCUT2D eigenvalue weighted by Crippen LogP contribution is 2.42. The van der Waals surface area contributed by atoms with Gasteiger partial charge in [-0.15, -0.1) is 0 Å². The van der Waals surface area contributed by atoms with Crippen molar-refractivity contribution in [2.45, 2.75) is 65.5 Å². The van der Waals surface area contributed by atoms with Gasteiger partial charge in [-0.25, -0.2) is 0 Å². The first-order valence-corrected chi connectivity index (χ1v) is 14.5. The number of nitrogens with zero attached hydrogens (tertiary/aromatic N) is 1. The lowest BCUT2D eigenvalue weighted by molar-refractivity contribution is -0.896. The van der Waals surface area contributed by atoms with E-state index in [1.165, 1.54) is 4.90 Å². The van der Waals surface area contributed by atoms with E-state index < -0.39 is 23.5 Å². The number of carbonyl (C=O) groups is 2. The van der Waals surface area contributed by atoms with Gasteiger partial charge in [0.2, 0.25) is 5.78 Å². The van der Waals surface area contributed by atoms with Gasteiger partial charge in [0.05, 0.1) is 39.4 Å². The third kappa shape index (κ3) is 6.12. The number of quaternary nitrogens is 1. The second-order valence-corrected chi connectivity index (χ2v) is 10.6. The molecule has 1 N–H and O–H groups in total. The van der Waals surface area contributed by atoms with Crippen molar-refractivity contribution in [3.05, 3.63) is 58.7 Å². The fraction of sp³-hybridized carbons (Fsp3) is 0.500. The third-order valence-electron chi connectivity index (χ3n) is 7.88. The molecule has 2 aliphatic rings. The number of hydrogen-bond acceptors (Lipinski definition) is 6. The molecular weight excluding hydrogens is 508 g/mol. The minimum atomic E-state index is -0.804. The molecule has 2 heterocycles. The van der Waals surface area contributed by atoms with Crippen molar-refractivity contribution in [2.75, 3.05) is 39.9 Å². The number of amides is 1. The van der Waals surface area contributed by atoms with Crippen molar-refractivity contribution in [3.8, 4) is 17.2 Å². The Hall–Kier alpha value is -3.52. The molecule has 4 rings (SSSR count). The van der Waals surface area contributed by atoms with E-state index in [1.54, 1.807) is 42.3 Å². The van der Waals surface area contributed by atoms with E-state index in [0.717, 1.165) is 50.2 Å². The molecule has 2 aromatic rings. The Labute approximate surface area is 237 Å². The standard InChI is InChI=1S/C32H42N2O6/c1-6-9-17-39-26-14-11-22(20-27(26)38-5)29-28(30(35)23-12-13-25-24(19-23)18-21(4)40-25)31(36)32(37)34(29)16-10-15-33(7-2)8-3/h11-14,19-21,29,35H,6-10,15-18H2,1-5H3/b30-28+. The molecule has 1 amide bonds. The second kappa shape index (κ2) is 13.2. The smallest absolute Gasteiger partial charge is 0.295 e. The van der Waals surface area contributed by atoms with Gasteiger partial charge in [-0.2, -0.15) is 0 Å². The van der Waals surface area contributed by atoms with Crippen molar-refractivity contribution in [1.82, 2.24) is 4.90 Å². The highest BCUT2D eigenvalue weighted by molar-refractivity contribution is 6.46. The maximum absolute atomic E-state index is 13.9.